The number of nitrogens with one attached hydrogen (secondary N) is 2. The van der Waals surface area contributed by atoms with E-state index in [9.17, 15) is 17.6 Å². The molecule has 1 aromatic heterocycles. The Balaban J connectivity index is 1.85. The number of carbonyl (C=O) groups is 1. The first-order chi connectivity index (χ1) is 16.0. The molecule has 7 nitrogen and oxygen atoms in total. The van der Waals surface area contributed by atoms with Crippen molar-refractivity contribution in [2.75, 3.05) is 5.32 Å². The second-order valence-corrected chi connectivity index (χ2v) is 9.97. The van der Waals surface area contributed by atoms with E-state index in [2.05, 4.69) is 10.0 Å². The molecule has 34 heavy (non-hydrogen) atoms. The van der Waals surface area contributed by atoms with E-state index < -0.39 is 22.0 Å². The molecule has 0 radical (unpaired) electrons. The number of allylic oxidation sites excluding steroid dienone is 1. The van der Waals surface area contributed by atoms with Crippen LogP contribution in [0.5, 0.6) is 0 Å². The van der Waals surface area contributed by atoms with E-state index in [1.807, 2.05) is 19.1 Å². The molecule has 1 atom stereocenters. The first-order valence-corrected chi connectivity index (χ1v) is 12.1. The van der Waals surface area contributed by atoms with Gasteiger partial charge in [-0.2, -0.15) is 4.72 Å². The van der Waals surface area contributed by atoms with Gasteiger partial charge < -0.3 is 14.8 Å². The molecule has 0 aliphatic carbocycles. The van der Waals surface area contributed by atoms with E-state index in [0.29, 0.717) is 28.9 Å². The SMILES string of the molecule is C/C(=C\c1cc(C)c(-c2ccc(NCc3ccco3)cc2F)cc1C)S(=O)(=O)NC(C)C(=O)O. The van der Waals surface area contributed by atoms with Crippen LogP contribution in [0.15, 0.2) is 58.1 Å². The minimum Gasteiger partial charge on any atom is -0.480 e. The van der Waals surface area contributed by atoms with Gasteiger partial charge in [0.25, 0.3) is 0 Å². The Morgan fingerprint density at radius 3 is 2.50 bits per heavy atom. The highest BCUT2D eigenvalue weighted by Crippen LogP contribution is 2.31. The van der Waals surface area contributed by atoms with E-state index >= 15 is 0 Å². The molecule has 2 aromatic carbocycles. The average Bonchev–Trinajstić information content (AvgIpc) is 3.28. The Morgan fingerprint density at radius 1 is 1.15 bits per heavy atom. The van der Waals surface area contributed by atoms with Crippen molar-refractivity contribution in [2.24, 2.45) is 0 Å². The molecule has 3 aromatic rings. The standard InChI is InChI=1S/C25H27FN2O5S/c1-15-11-23(22-8-7-20(13-24(22)26)27-14-21-6-5-9-33-21)16(2)10-19(15)12-17(3)34(31,32)28-18(4)25(29)30/h5-13,18,27-28H,14H2,1-4H3,(H,29,30)/b17-12+. The van der Waals surface area contributed by atoms with Crippen molar-refractivity contribution < 1.29 is 27.1 Å². The quantitative estimate of drug-likeness (QED) is 0.390. The molecule has 0 saturated heterocycles. The summed E-state index contributed by atoms with van der Waals surface area (Å²) in [5.41, 5.74) is 3.91. The fraction of sp³-hybridized carbons (Fsp3) is 0.240. The second-order valence-electron chi connectivity index (χ2n) is 8.09. The van der Waals surface area contributed by atoms with Gasteiger partial charge in [0.05, 0.1) is 17.7 Å². The molecule has 1 unspecified atom stereocenters. The zero-order valence-corrected chi connectivity index (χ0v) is 20.2. The minimum atomic E-state index is -3.97. The van der Waals surface area contributed by atoms with Gasteiger partial charge in [-0.1, -0.05) is 12.1 Å². The van der Waals surface area contributed by atoms with Gasteiger partial charge >= 0.3 is 5.97 Å². The van der Waals surface area contributed by atoms with Crippen LogP contribution in [0.1, 0.15) is 36.3 Å². The molecule has 1 heterocycles. The lowest BCUT2D eigenvalue weighted by molar-refractivity contribution is -0.138. The molecule has 0 spiro atoms. The van der Waals surface area contributed by atoms with Gasteiger partial charge in [-0.3, -0.25) is 4.79 Å². The summed E-state index contributed by atoms with van der Waals surface area (Å²) in [4.78, 5) is 11.0. The highest BCUT2D eigenvalue weighted by atomic mass is 32.2. The first-order valence-electron chi connectivity index (χ1n) is 10.6. The van der Waals surface area contributed by atoms with Crippen molar-refractivity contribution >= 4 is 27.8 Å². The summed E-state index contributed by atoms with van der Waals surface area (Å²) >= 11 is 0. The molecule has 0 saturated carbocycles. The maximum Gasteiger partial charge on any atom is 0.321 e. The predicted molar refractivity (Wildman–Crippen MR) is 130 cm³/mol. The molecular weight excluding hydrogens is 459 g/mol. The Morgan fingerprint density at radius 2 is 1.88 bits per heavy atom. The number of carboxylic acid groups (broad SMARTS) is 1. The first kappa shape index (κ1) is 25.2. The normalized spacial score (nSPS) is 13.0. The molecular formula is C25H27FN2O5S. The van der Waals surface area contributed by atoms with Crippen LogP contribution in [0.4, 0.5) is 10.1 Å². The number of benzene rings is 2. The van der Waals surface area contributed by atoms with Crippen LogP contribution in [-0.4, -0.2) is 25.5 Å². The maximum absolute atomic E-state index is 15.0. The smallest absolute Gasteiger partial charge is 0.321 e. The summed E-state index contributed by atoms with van der Waals surface area (Å²) in [6, 6.07) is 10.9. The van der Waals surface area contributed by atoms with Gasteiger partial charge in [0.1, 0.15) is 17.6 Å². The van der Waals surface area contributed by atoms with Gasteiger partial charge in [-0.15, -0.1) is 0 Å². The molecule has 0 fully saturated rings. The number of carboxylic acids is 1. The Kier molecular flexibility index (Phi) is 7.58. The summed E-state index contributed by atoms with van der Waals surface area (Å²) < 4.78 is 47.2. The second kappa shape index (κ2) is 10.2. The number of halogens is 1. The van der Waals surface area contributed by atoms with Crippen LogP contribution in [0.2, 0.25) is 0 Å². The number of aryl methyl sites for hydroxylation is 2. The van der Waals surface area contributed by atoms with Crippen LogP contribution < -0.4 is 10.0 Å². The molecule has 0 bridgehead atoms. The van der Waals surface area contributed by atoms with Gasteiger partial charge in [0.2, 0.25) is 10.0 Å². The van der Waals surface area contributed by atoms with Crippen molar-refractivity contribution in [3.63, 3.8) is 0 Å². The van der Waals surface area contributed by atoms with Crippen molar-refractivity contribution in [1.82, 2.24) is 4.72 Å². The lowest BCUT2D eigenvalue weighted by Crippen LogP contribution is -2.38. The van der Waals surface area contributed by atoms with E-state index in [1.165, 1.54) is 26.0 Å². The monoisotopic (exact) mass is 486 g/mol. The molecule has 3 N–H and O–H groups in total. The van der Waals surface area contributed by atoms with Crippen molar-refractivity contribution in [3.8, 4) is 11.1 Å². The van der Waals surface area contributed by atoms with Gasteiger partial charge in [0, 0.05) is 11.3 Å². The summed E-state index contributed by atoms with van der Waals surface area (Å²) in [5.74, 6) is -0.914. The largest absolute Gasteiger partial charge is 0.480 e. The third-order valence-corrected chi connectivity index (χ3v) is 7.03. The van der Waals surface area contributed by atoms with Crippen LogP contribution in [0.3, 0.4) is 0 Å². The summed E-state index contributed by atoms with van der Waals surface area (Å²) in [7, 11) is -3.97. The van der Waals surface area contributed by atoms with Crippen molar-refractivity contribution in [3.05, 3.63) is 81.9 Å². The molecule has 180 valence electrons. The summed E-state index contributed by atoms with van der Waals surface area (Å²) in [6.45, 7) is 6.72. The molecule has 9 heteroatoms. The average molecular weight is 487 g/mol. The topological polar surface area (TPSA) is 109 Å². The zero-order chi connectivity index (χ0) is 25.0. The van der Waals surface area contributed by atoms with Crippen LogP contribution in [-0.2, 0) is 21.4 Å². The van der Waals surface area contributed by atoms with Crippen molar-refractivity contribution in [2.45, 2.75) is 40.3 Å². The highest BCUT2D eigenvalue weighted by molar-refractivity contribution is 7.93. The van der Waals surface area contributed by atoms with Crippen LogP contribution in [0, 0.1) is 19.7 Å². The number of anilines is 1. The fourth-order valence-corrected chi connectivity index (χ4v) is 4.44. The van der Waals surface area contributed by atoms with E-state index in [1.54, 1.807) is 37.5 Å². The third-order valence-electron chi connectivity index (χ3n) is 5.40. The maximum atomic E-state index is 15.0. The molecule has 0 aliphatic rings. The number of furan rings is 1. The molecule has 0 amide bonds. The lowest BCUT2D eigenvalue weighted by Gasteiger charge is -2.14. The zero-order valence-electron chi connectivity index (χ0n) is 19.3. The van der Waals surface area contributed by atoms with E-state index in [-0.39, 0.29) is 10.7 Å². The van der Waals surface area contributed by atoms with Crippen LogP contribution in [0.25, 0.3) is 17.2 Å². The van der Waals surface area contributed by atoms with Gasteiger partial charge in [0.15, 0.2) is 0 Å². The number of hydrogen-bond donors (Lipinski definition) is 3. The predicted octanol–water partition coefficient (Wildman–Crippen LogP) is 5.07. The van der Waals surface area contributed by atoms with Gasteiger partial charge in [-0.05, 0) is 86.4 Å². The Bertz CT molecular complexity index is 1330. The number of aliphatic carboxylic acids is 1. The Hall–Kier alpha value is -3.43. The van der Waals surface area contributed by atoms with Gasteiger partial charge in [-0.25, -0.2) is 12.8 Å². The minimum absolute atomic E-state index is 0.0194. The highest BCUT2D eigenvalue weighted by Gasteiger charge is 2.21. The fourth-order valence-electron chi connectivity index (χ4n) is 3.40. The van der Waals surface area contributed by atoms with E-state index in [4.69, 9.17) is 9.52 Å². The summed E-state index contributed by atoms with van der Waals surface area (Å²) in [5, 5.41) is 12.1. The lowest BCUT2D eigenvalue weighted by atomic mass is 9.94. The summed E-state index contributed by atoms with van der Waals surface area (Å²) in [6.07, 6.45) is 3.05. The number of sulfonamides is 1. The van der Waals surface area contributed by atoms with Crippen LogP contribution >= 0.6 is 0 Å². The Labute approximate surface area is 198 Å². The third kappa shape index (κ3) is 5.92. The molecule has 0 aliphatic heterocycles. The number of hydrogen-bond acceptors (Lipinski definition) is 5. The molecule has 3 rings (SSSR count). The number of rotatable bonds is 9. The van der Waals surface area contributed by atoms with E-state index in [0.717, 1.165) is 16.9 Å². The van der Waals surface area contributed by atoms with Crippen molar-refractivity contribution in [1.29, 1.82) is 0 Å².